The molecule has 0 saturated heterocycles. The summed E-state index contributed by atoms with van der Waals surface area (Å²) < 4.78 is 0. The van der Waals surface area contributed by atoms with Gasteiger partial charge in [-0.25, -0.2) is 0 Å². The van der Waals surface area contributed by atoms with Crippen molar-refractivity contribution in [1.29, 1.82) is 0 Å². The zero-order valence-electron chi connectivity index (χ0n) is 7.78. The minimum atomic E-state index is 0.0590. The van der Waals surface area contributed by atoms with E-state index in [4.69, 9.17) is 5.73 Å². The van der Waals surface area contributed by atoms with E-state index in [0.29, 0.717) is 5.92 Å². The summed E-state index contributed by atoms with van der Waals surface area (Å²) in [5.41, 5.74) is 6.14. The summed E-state index contributed by atoms with van der Waals surface area (Å²) in [6.45, 7) is 8.76. The van der Waals surface area contributed by atoms with Crippen LogP contribution in [-0.2, 0) is 0 Å². The maximum absolute atomic E-state index is 6.08. The van der Waals surface area contributed by atoms with Gasteiger partial charge in [-0.2, -0.15) is 0 Å². The van der Waals surface area contributed by atoms with Crippen LogP contribution in [0.15, 0.2) is 0 Å². The molecule has 0 aliphatic carbocycles. The fraction of sp³-hybridized carbons (Fsp3) is 1.00. The summed E-state index contributed by atoms with van der Waals surface area (Å²) in [5.74, 6) is 0.692. The molecule has 0 fully saturated rings. The third-order valence-corrected chi connectivity index (χ3v) is 2.68. The van der Waals surface area contributed by atoms with E-state index >= 15 is 0 Å². The van der Waals surface area contributed by atoms with Crippen molar-refractivity contribution in [1.82, 2.24) is 0 Å². The van der Waals surface area contributed by atoms with E-state index < -0.39 is 0 Å². The smallest absolute Gasteiger partial charge is 0.0151 e. The molecule has 10 heavy (non-hydrogen) atoms. The van der Waals surface area contributed by atoms with E-state index in [1.54, 1.807) is 0 Å². The quantitative estimate of drug-likeness (QED) is 0.643. The molecule has 0 aliphatic rings. The van der Waals surface area contributed by atoms with Gasteiger partial charge in [0.15, 0.2) is 0 Å². The molecule has 0 aromatic heterocycles. The lowest BCUT2D eigenvalue weighted by Gasteiger charge is -2.31. The Bertz CT molecular complexity index is 82.7. The van der Waals surface area contributed by atoms with E-state index in [0.717, 1.165) is 6.42 Å². The van der Waals surface area contributed by atoms with Crippen molar-refractivity contribution in [3.05, 3.63) is 0 Å². The molecule has 1 heteroatoms. The van der Waals surface area contributed by atoms with Crippen molar-refractivity contribution in [3.63, 3.8) is 0 Å². The third-order valence-electron chi connectivity index (χ3n) is 2.68. The lowest BCUT2D eigenvalue weighted by Crippen LogP contribution is -2.42. The van der Waals surface area contributed by atoms with Crippen LogP contribution in [0.3, 0.4) is 0 Å². The molecule has 1 unspecified atom stereocenters. The van der Waals surface area contributed by atoms with Crippen LogP contribution in [0, 0.1) is 5.92 Å². The van der Waals surface area contributed by atoms with E-state index in [1.165, 1.54) is 12.8 Å². The zero-order chi connectivity index (χ0) is 8.20. The van der Waals surface area contributed by atoms with Gasteiger partial charge in [-0.1, -0.05) is 33.6 Å². The Hall–Kier alpha value is -0.0400. The lowest BCUT2D eigenvalue weighted by molar-refractivity contribution is 0.269. The molecule has 1 atom stereocenters. The molecule has 0 aromatic rings. The van der Waals surface area contributed by atoms with Crippen LogP contribution < -0.4 is 5.73 Å². The van der Waals surface area contributed by atoms with Gasteiger partial charge in [0, 0.05) is 5.54 Å². The molecule has 0 bridgehead atoms. The Kier molecular flexibility index (Phi) is 3.95. The maximum Gasteiger partial charge on any atom is 0.0151 e. The van der Waals surface area contributed by atoms with Gasteiger partial charge < -0.3 is 5.73 Å². The van der Waals surface area contributed by atoms with Gasteiger partial charge in [-0.15, -0.1) is 0 Å². The van der Waals surface area contributed by atoms with E-state index in [-0.39, 0.29) is 5.54 Å². The number of hydrogen-bond acceptors (Lipinski definition) is 1. The summed E-state index contributed by atoms with van der Waals surface area (Å²) in [4.78, 5) is 0. The van der Waals surface area contributed by atoms with E-state index in [2.05, 4.69) is 27.7 Å². The van der Waals surface area contributed by atoms with E-state index in [9.17, 15) is 0 Å². The first kappa shape index (κ1) is 9.96. The fourth-order valence-corrected chi connectivity index (χ4v) is 1.51. The topological polar surface area (TPSA) is 26.0 Å². The Balaban J connectivity index is 3.97. The van der Waals surface area contributed by atoms with Crippen molar-refractivity contribution < 1.29 is 0 Å². The molecule has 0 radical (unpaired) electrons. The van der Waals surface area contributed by atoms with Crippen LogP contribution >= 0.6 is 0 Å². The van der Waals surface area contributed by atoms with Crippen LogP contribution in [-0.4, -0.2) is 5.54 Å². The largest absolute Gasteiger partial charge is 0.325 e. The monoisotopic (exact) mass is 143 g/mol. The van der Waals surface area contributed by atoms with Crippen LogP contribution in [0.1, 0.15) is 47.0 Å². The second kappa shape index (κ2) is 3.97. The second-order valence-corrected chi connectivity index (χ2v) is 3.37. The van der Waals surface area contributed by atoms with Crippen LogP contribution in [0.4, 0.5) is 0 Å². The van der Waals surface area contributed by atoms with Gasteiger partial charge in [0.1, 0.15) is 0 Å². The SMILES string of the molecule is CCC(CC)C(C)(N)CC. The Labute approximate surface area is 65.0 Å². The summed E-state index contributed by atoms with van der Waals surface area (Å²) in [6, 6.07) is 0. The Morgan fingerprint density at radius 1 is 1.20 bits per heavy atom. The molecule has 0 aliphatic heterocycles. The first-order valence-corrected chi connectivity index (χ1v) is 4.37. The van der Waals surface area contributed by atoms with Gasteiger partial charge in [-0.3, -0.25) is 0 Å². The summed E-state index contributed by atoms with van der Waals surface area (Å²) in [7, 11) is 0. The van der Waals surface area contributed by atoms with Crippen LogP contribution in [0.25, 0.3) is 0 Å². The van der Waals surface area contributed by atoms with Gasteiger partial charge >= 0.3 is 0 Å². The molecule has 0 amide bonds. The third kappa shape index (κ3) is 2.30. The lowest BCUT2D eigenvalue weighted by atomic mass is 9.81. The van der Waals surface area contributed by atoms with Crippen molar-refractivity contribution in [2.24, 2.45) is 11.7 Å². The normalized spacial score (nSPS) is 17.4. The van der Waals surface area contributed by atoms with Gasteiger partial charge in [-0.05, 0) is 19.3 Å². The average Bonchev–Trinajstić information content (AvgIpc) is 1.90. The summed E-state index contributed by atoms with van der Waals surface area (Å²) in [5, 5.41) is 0. The Morgan fingerprint density at radius 2 is 1.60 bits per heavy atom. The first-order valence-electron chi connectivity index (χ1n) is 4.37. The van der Waals surface area contributed by atoms with Crippen LogP contribution in [0.5, 0.6) is 0 Å². The highest BCUT2D eigenvalue weighted by molar-refractivity contribution is 4.83. The molecule has 0 saturated carbocycles. The predicted molar refractivity (Wildman–Crippen MR) is 47.0 cm³/mol. The highest BCUT2D eigenvalue weighted by Crippen LogP contribution is 2.23. The highest BCUT2D eigenvalue weighted by Gasteiger charge is 2.24. The molecule has 1 nitrogen and oxygen atoms in total. The summed E-state index contributed by atoms with van der Waals surface area (Å²) >= 11 is 0. The van der Waals surface area contributed by atoms with Crippen molar-refractivity contribution in [3.8, 4) is 0 Å². The average molecular weight is 143 g/mol. The minimum absolute atomic E-state index is 0.0590. The molecule has 2 N–H and O–H groups in total. The highest BCUT2D eigenvalue weighted by atomic mass is 14.7. The molecule has 0 spiro atoms. The van der Waals surface area contributed by atoms with Gasteiger partial charge in [0.2, 0.25) is 0 Å². The predicted octanol–water partition coefficient (Wildman–Crippen LogP) is 2.55. The summed E-state index contributed by atoms with van der Waals surface area (Å²) in [6.07, 6.45) is 3.49. The first-order chi connectivity index (χ1) is 4.58. The Morgan fingerprint density at radius 3 is 1.70 bits per heavy atom. The maximum atomic E-state index is 6.08. The molecule has 0 aromatic carbocycles. The van der Waals surface area contributed by atoms with Crippen molar-refractivity contribution >= 4 is 0 Å². The fourth-order valence-electron chi connectivity index (χ4n) is 1.51. The molecular weight excluding hydrogens is 122 g/mol. The van der Waals surface area contributed by atoms with Crippen molar-refractivity contribution in [2.75, 3.05) is 0 Å². The molecular formula is C9H21N. The van der Waals surface area contributed by atoms with E-state index in [1.807, 2.05) is 0 Å². The molecule has 0 rings (SSSR count). The van der Waals surface area contributed by atoms with Gasteiger partial charge in [0.25, 0.3) is 0 Å². The minimum Gasteiger partial charge on any atom is -0.325 e. The molecule has 0 heterocycles. The zero-order valence-corrected chi connectivity index (χ0v) is 7.78. The number of nitrogens with two attached hydrogens (primary N) is 1. The standard InChI is InChI=1S/C9H21N/c1-5-8(6-2)9(4,10)7-3/h8H,5-7,10H2,1-4H3. The number of hydrogen-bond donors (Lipinski definition) is 1. The molecule has 62 valence electrons. The number of rotatable bonds is 4. The van der Waals surface area contributed by atoms with Gasteiger partial charge in [0.05, 0.1) is 0 Å². The van der Waals surface area contributed by atoms with Crippen LogP contribution in [0.2, 0.25) is 0 Å². The second-order valence-electron chi connectivity index (χ2n) is 3.37. The van der Waals surface area contributed by atoms with Crippen molar-refractivity contribution in [2.45, 2.75) is 52.5 Å².